The summed E-state index contributed by atoms with van der Waals surface area (Å²) in [6, 6.07) is 36.8. The summed E-state index contributed by atoms with van der Waals surface area (Å²) in [5, 5.41) is 23.3. The predicted octanol–water partition coefficient (Wildman–Crippen LogP) is 6.13. The van der Waals surface area contributed by atoms with Gasteiger partial charge in [0.25, 0.3) is 0 Å². The monoisotopic (exact) mass is 1010 g/mol. The first-order valence-electron chi connectivity index (χ1n) is 26.3. The summed E-state index contributed by atoms with van der Waals surface area (Å²) in [5.41, 5.74) is 11.3. The van der Waals surface area contributed by atoms with Crippen molar-refractivity contribution >= 4 is 57.7 Å². The van der Waals surface area contributed by atoms with Crippen LogP contribution in [0.2, 0.25) is 13.6 Å². The van der Waals surface area contributed by atoms with Gasteiger partial charge in [-0.05, 0) is 144 Å². The van der Waals surface area contributed by atoms with Crippen molar-refractivity contribution in [2.75, 3.05) is 29.9 Å². The molecule has 0 bridgehead atoms. The summed E-state index contributed by atoms with van der Waals surface area (Å²) in [5.74, 6) is -1.74. The fraction of sp³-hybridized carbons (Fsp3) is 0.500. The predicted molar refractivity (Wildman–Crippen MR) is 293 cm³/mol. The maximum Gasteiger partial charge on any atom is 1.00 e. The van der Waals surface area contributed by atoms with Crippen LogP contribution in [-0.4, -0.2) is 110 Å². The van der Waals surface area contributed by atoms with Gasteiger partial charge < -0.3 is 47.4 Å². The zero-order valence-corrected chi connectivity index (χ0v) is 47.3. The Kier molecular flexibility index (Phi) is 30.8. The van der Waals surface area contributed by atoms with Gasteiger partial charge in [-0.1, -0.05) is 112 Å². The first-order valence-corrected chi connectivity index (χ1v) is 25.6. The van der Waals surface area contributed by atoms with Crippen LogP contribution in [0.3, 0.4) is 0 Å². The zero-order valence-electron chi connectivity index (χ0n) is 46.3. The molecule has 2 atom stereocenters. The second-order valence-corrected chi connectivity index (χ2v) is 18.6. The van der Waals surface area contributed by atoms with Gasteiger partial charge in [0.05, 0.1) is 0 Å². The van der Waals surface area contributed by atoms with Crippen LogP contribution in [0.25, 0.3) is 0 Å². The van der Waals surface area contributed by atoms with Crippen LogP contribution >= 0.6 is 0 Å². The third kappa shape index (κ3) is 22.9. The number of aryl methyl sites for hydroxylation is 2. The number of nitrogens with one attached hydrogen (secondary N) is 1. The van der Waals surface area contributed by atoms with E-state index in [2.05, 4.69) is 148 Å². The number of benzene rings is 4. The number of carbonyl (C=O) groups is 4. The summed E-state index contributed by atoms with van der Waals surface area (Å²) >= 11 is 0. The molecule has 8 rings (SSSR count). The van der Waals surface area contributed by atoms with Gasteiger partial charge in [0.1, 0.15) is 6.29 Å². The molecule has 4 aromatic carbocycles. The van der Waals surface area contributed by atoms with Gasteiger partial charge in [0.2, 0.25) is 5.97 Å². The number of anilines is 2. The Morgan fingerprint density at radius 1 is 0.712 bits per heavy atom. The Bertz CT molecular complexity index is 2200. The fourth-order valence-corrected chi connectivity index (χ4v) is 9.87. The van der Waals surface area contributed by atoms with E-state index in [-0.39, 0.29) is 42.6 Å². The van der Waals surface area contributed by atoms with E-state index in [0.717, 1.165) is 84.7 Å². The third-order valence-electron chi connectivity index (χ3n) is 13.3. The molecule has 0 spiro atoms. The minimum absolute atomic E-state index is 0. The minimum Gasteiger partial charge on any atom is -0.793 e. The number of nitrogens with zero attached hydrogens (tertiary/aromatic N) is 3. The molecule has 2 aliphatic carbocycles. The molecular formula is C56H81B3N4NaO9. The standard InChI is InChI=1S/C24H33BN2O.C16H17N.C8H16BNO2.C4H6O4.C2H3BO2.C2H6.Na/c1-19-9-3-6-13-24(19)26(23-17-20-10-4-5-11-21(20)18-23)16-14-22-12-7-8-15-27(22)25(2)28;1-12-6-2-5-9-16(12)17-15-10-13-7-3-4-8-14(13)11-15;1-9(12)10-6-3-2-4-8(10)5-7-11;1-3(5)7-8-4(2)6;1-2(4)5-3;1-2;/h3-6,9-11,13,22-23,28H,7-8,12,14-18H2,1-2H3;2-9,15,17H,10-11H2,1H3;7-8,12H,2-6H2,1H3;1-2H3;1H3;1-2H3;/q;;;;-1;;+1/t22-;;8-;;;;/m1.1..../s1/i;;;;;1D;. The second-order valence-electron chi connectivity index (χ2n) is 18.6. The number of hydrogen-bond donors (Lipinski definition) is 3. The van der Waals surface area contributed by atoms with E-state index in [9.17, 15) is 29.2 Å². The van der Waals surface area contributed by atoms with Crippen LogP contribution in [-0.2, 0) is 59.3 Å². The second kappa shape index (κ2) is 35.7. The van der Waals surface area contributed by atoms with Crippen molar-refractivity contribution in [3.8, 4) is 0 Å². The van der Waals surface area contributed by atoms with Gasteiger partial charge in [-0.25, -0.2) is 19.4 Å². The van der Waals surface area contributed by atoms with Crippen LogP contribution in [0.4, 0.5) is 11.4 Å². The largest absolute Gasteiger partial charge is 1.00 e. The molecule has 2 fully saturated rings. The number of piperidine rings is 2. The first kappa shape index (κ1) is 62.9. The molecule has 3 radical (unpaired) electrons. The summed E-state index contributed by atoms with van der Waals surface area (Å²) in [4.78, 5) is 54.1. The minimum atomic E-state index is -0.639. The van der Waals surface area contributed by atoms with E-state index < -0.39 is 25.0 Å². The molecule has 0 unspecified atom stereocenters. The number of aldehydes is 1. The molecule has 4 aliphatic rings. The first-order chi connectivity index (χ1) is 35.0. The zero-order chi connectivity index (χ0) is 53.7. The Labute approximate surface area is 462 Å². The van der Waals surface area contributed by atoms with Crippen LogP contribution in [0.1, 0.15) is 121 Å². The average Bonchev–Trinajstić information content (AvgIpc) is 4.00. The quantitative estimate of drug-likeness (QED) is 0.0684. The van der Waals surface area contributed by atoms with Crippen LogP contribution in [0.15, 0.2) is 97.1 Å². The fourth-order valence-electron chi connectivity index (χ4n) is 9.87. The Morgan fingerprint density at radius 3 is 1.58 bits per heavy atom. The molecule has 3 N–H and O–H groups in total. The van der Waals surface area contributed by atoms with Gasteiger partial charge in [0.15, 0.2) is 0 Å². The SMILES string of the molecule is CB(O)N1CCCC[C@@H]1CC=O.CB(O)N1CCCC[C@@H]1CCN(c1ccccc1C)C1Cc2ccccc2C1.CC(=O)OOC(C)=O.Cc1ccccc1NC1Cc2ccccc2C1.[2H]CC.[B-]OC(C)=O.[Na+]. The van der Waals surface area contributed by atoms with E-state index in [1.807, 2.05) is 11.6 Å². The molecule has 389 valence electrons. The van der Waals surface area contributed by atoms with Crippen molar-refractivity contribution in [1.29, 1.82) is 0 Å². The van der Waals surface area contributed by atoms with Gasteiger partial charge in [0, 0.05) is 70.6 Å². The maximum absolute atomic E-state index is 10.3. The van der Waals surface area contributed by atoms with Crippen molar-refractivity contribution in [2.45, 2.75) is 163 Å². The van der Waals surface area contributed by atoms with Crippen molar-refractivity contribution in [2.24, 2.45) is 0 Å². The van der Waals surface area contributed by atoms with Crippen LogP contribution in [0, 0.1) is 13.8 Å². The number of fused-ring (bicyclic) bond motifs is 2. The number of rotatable bonds is 11. The van der Waals surface area contributed by atoms with Crippen molar-refractivity contribution in [3.63, 3.8) is 0 Å². The summed E-state index contributed by atoms with van der Waals surface area (Å²) in [6.07, 6.45) is 14.2. The van der Waals surface area contributed by atoms with Crippen LogP contribution in [0.5, 0.6) is 0 Å². The molecule has 0 amide bonds. The molecule has 2 heterocycles. The molecule has 17 heteroatoms. The molecular weight excluding hydrogens is 928 g/mol. The van der Waals surface area contributed by atoms with E-state index in [1.165, 1.54) is 77.4 Å². The molecule has 13 nitrogen and oxygen atoms in total. The van der Waals surface area contributed by atoms with Crippen LogP contribution < -0.4 is 39.8 Å². The molecule has 73 heavy (non-hydrogen) atoms. The Balaban J connectivity index is 0.000000348. The number of para-hydroxylation sites is 2. The van der Waals surface area contributed by atoms with Gasteiger partial charge in [-0.15, -0.1) is 0 Å². The van der Waals surface area contributed by atoms with E-state index >= 15 is 0 Å². The summed E-state index contributed by atoms with van der Waals surface area (Å²) in [7, 11) is 3.57. The third-order valence-corrected chi connectivity index (χ3v) is 13.3. The van der Waals surface area contributed by atoms with Gasteiger partial charge >= 0.3 is 55.6 Å². The Hall–Kier alpha value is -4.41. The molecule has 0 aromatic heterocycles. The molecule has 2 saturated heterocycles. The normalized spacial score (nSPS) is 16.9. The maximum atomic E-state index is 10.3. The number of hydrogen-bond acceptors (Lipinski definition) is 13. The topological polar surface area (TPSA) is 158 Å². The molecule has 2 aliphatic heterocycles. The van der Waals surface area contributed by atoms with E-state index in [1.54, 1.807) is 13.7 Å². The molecule has 0 saturated carbocycles. The Morgan fingerprint density at radius 2 is 1.14 bits per heavy atom. The van der Waals surface area contributed by atoms with Gasteiger partial charge in [-0.3, -0.25) is 4.79 Å². The molecule has 4 aromatic rings. The van der Waals surface area contributed by atoms with Crippen molar-refractivity contribution in [1.82, 2.24) is 9.62 Å². The number of carbonyl (C=O) groups excluding carboxylic acids is 4. The smallest absolute Gasteiger partial charge is 0.793 e. The summed E-state index contributed by atoms with van der Waals surface area (Å²) < 4.78 is 9.82. The van der Waals surface area contributed by atoms with E-state index in [4.69, 9.17) is 1.37 Å². The summed E-state index contributed by atoms with van der Waals surface area (Å²) in [6.45, 7) is 16.9. The van der Waals surface area contributed by atoms with Crippen molar-refractivity contribution < 1.29 is 74.6 Å². The average molecular weight is 1010 g/mol. The van der Waals surface area contributed by atoms with Gasteiger partial charge in [-0.2, -0.15) is 0 Å². The van der Waals surface area contributed by atoms with E-state index in [0.29, 0.717) is 31.4 Å². The van der Waals surface area contributed by atoms with Crippen molar-refractivity contribution in [3.05, 3.63) is 130 Å².